The molecule has 3 nitrogen and oxygen atoms in total. The van der Waals surface area contributed by atoms with Gasteiger partial charge in [0.2, 0.25) is 0 Å². The Morgan fingerprint density at radius 2 is 1.90 bits per heavy atom. The maximum Gasteiger partial charge on any atom is 0.126 e. The number of halogens is 1. The van der Waals surface area contributed by atoms with E-state index in [0.29, 0.717) is 16.7 Å². The minimum absolute atomic E-state index is 0.323. The molecule has 4 heteroatoms. The number of nitrogens with zero attached hydrogens (tertiary/aromatic N) is 1. The maximum atomic E-state index is 13.7. The van der Waals surface area contributed by atoms with Crippen molar-refractivity contribution in [3.8, 4) is 11.3 Å². The van der Waals surface area contributed by atoms with Crippen molar-refractivity contribution >= 4 is 0 Å². The maximum absolute atomic E-state index is 13.7. The average molecular weight is 282 g/mol. The van der Waals surface area contributed by atoms with Gasteiger partial charge in [-0.15, -0.1) is 0 Å². The van der Waals surface area contributed by atoms with Gasteiger partial charge < -0.3 is 5.11 Å². The third kappa shape index (κ3) is 2.58. The average Bonchev–Trinajstić information content (AvgIpc) is 2.99. The van der Waals surface area contributed by atoms with Crippen molar-refractivity contribution in [1.29, 1.82) is 0 Å². The normalized spacial score (nSPS) is 12.3. The van der Waals surface area contributed by atoms with E-state index >= 15 is 0 Å². The predicted molar refractivity (Wildman–Crippen MR) is 79.2 cm³/mol. The number of benzene rings is 2. The van der Waals surface area contributed by atoms with Crippen molar-refractivity contribution in [2.75, 3.05) is 0 Å². The number of nitrogens with one attached hydrogen (secondary N) is 1. The van der Waals surface area contributed by atoms with Crippen LogP contribution in [0.2, 0.25) is 0 Å². The quantitative estimate of drug-likeness (QED) is 0.771. The molecule has 0 bridgehead atoms. The molecule has 3 rings (SSSR count). The number of aryl methyl sites for hydroxylation is 1. The molecule has 0 aliphatic rings. The van der Waals surface area contributed by atoms with E-state index < -0.39 is 6.10 Å². The van der Waals surface area contributed by atoms with Gasteiger partial charge in [-0.1, -0.05) is 42.5 Å². The lowest BCUT2D eigenvalue weighted by molar-refractivity contribution is 0.220. The van der Waals surface area contributed by atoms with Crippen LogP contribution in [-0.2, 0) is 0 Å². The number of hydrogen-bond acceptors (Lipinski definition) is 2. The van der Waals surface area contributed by atoms with Crippen LogP contribution in [0.4, 0.5) is 4.39 Å². The third-order valence-electron chi connectivity index (χ3n) is 3.54. The van der Waals surface area contributed by atoms with Crippen LogP contribution in [0.5, 0.6) is 0 Å². The second-order valence-corrected chi connectivity index (χ2v) is 4.98. The van der Waals surface area contributed by atoms with Crippen molar-refractivity contribution in [2.24, 2.45) is 0 Å². The fraction of sp³-hybridized carbons (Fsp3) is 0.118. The van der Waals surface area contributed by atoms with E-state index in [1.54, 1.807) is 25.3 Å². The first-order valence-corrected chi connectivity index (χ1v) is 6.69. The summed E-state index contributed by atoms with van der Waals surface area (Å²) in [6.45, 7) is 1.69. The second kappa shape index (κ2) is 5.50. The molecule has 0 aliphatic carbocycles. The molecule has 1 heterocycles. The van der Waals surface area contributed by atoms with Crippen LogP contribution < -0.4 is 0 Å². The van der Waals surface area contributed by atoms with Crippen molar-refractivity contribution < 1.29 is 9.50 Å². The summed E-state index contributed by atoms with van der Waals surface area (Å²) in [5.41, 5.74) is 3.36. The summed E-state index contributed by atoms with van der Waals surface area (Å²) in [7, 11) is 0. The Balaban J connectivity index is 2.01. The van der Waals surface area contributed by atoms with Crippen LogP contribution >= 0.6 is 0 Å². The van der Waals surface area contributed by atoms with Crippen molar-refractivity contribution in [3.05, 3.63) is 77.2 Å². The van der Waals surface area contributed by atoms with Gasteiger partial charge in [-0.3, -0.25) is 5.10 Å². The molecule has 0 fully saturated rings. The summed E-state index contributed by atoms with van der Waals surface area (Å²) in [6.07, 6.45) is 0.652. The molecule has 0 saturated carbocycles. The Morgan fingerprint density at radius 3 is 2.62 bits per heavy atom. The first-order valence-electron chi connectivity index (χ1n) is 6.69. The number of H-pyrrole nitrogens is 1. The standard InChI is InChI=1S/C17H15FN2O/c1-11-7-8-13(9-15(11)18)17(21)14-10-19-20-16(14)12-5-3-2-4-6-12/h2-10,17,21H,1H3,(H,19,20). The van der Waals surface area contributed by atoms with Crippen LogP contribution in [0.3, 0.4) is 0 Å². The number of aliphatic hydroxyl groups excluding tert-OH is 1. The number of rotatable bonds is 3. The molecule has 1 unspecified atom stereocenters. The zero-order valence-corrected chi connectivity index (χ0v) is 11.5. The first kappa shape index (κ1) is 13.5. The molecule has 106 valence electrons. The van der Waals surface area contributed by atoms with E-state index in [4.69, 9.17) is 0 Å². The lowest BCUT2D eigenvalue weighted by Crippen LogP contribution is -2.01. The van der Waals surface area contributed by atoms with Crippen LogP contribution in [0.15, 0.2) is 54.7 Å². The molecule has 2 N–H and O–H groups in total. The molecular formula is C17H15FN2O. The zero-order valence-electron chi connectivity index (χ0n) is 11.5. The van der Waals surface area contributed by atoms with Gasteiger partial charge in [0.25, 0.3) is 0 Å². The smallest absolute Gasteiger partial charge is 0.126 e. The fourth-order valence-electron chi connectivity index (χ4n) is 2.30. The number of aliphatic hydroxyl groups is 1. The van der Waals surface area contributed by atoms with Gasteiger partial charge in [-0.05, 0) is 29.7 Å². The highest BCUT2D eigenvalue weighted by Crippen LogP contribution is 2.30. The number of hydrogen-bond donors (Lipinski definition) is 2. The molecule has 21 heavy (non-hydrogen) atoms. The highest BCUT2D eigenvalue weighted by Gasteiger charge is 2.18. The van der Waals surface area contributed by atoms with Crippen molar-refractivity contribution in [3.63, 3.8) is 0 Å². The van der Waals surface area contributed by atoms with Gasteiger partial charge in [-0.2, -0.15) is 5.10 Å². The summed E-state index contributed by atoms with van der Waals surface area (Å²) >= 11 is 0. The van der Waals surface area contributed by atoms with E-state index in [1.807, 2.05) is 30.3 Å². The minimum atomic E-state index is -0.922. The van der Waals surface area contributed by atoms with Gasteiger partial charge in [0.15, 0.2) is 0 Å². The Bertz CT molecular complexity index is 752. The summed E-state index contributed by atoms with van der Waals surface area (Å²) in [4.78, 5) is 0. The zero-order chi connectivity index (χ0) is 14.8. The van der Waals surface area contributed by atoms with E-state index in [2.05, 4.69) is 10.2 Å². The Hall–Kier alpha value is -2.46. The second-order valence-electron chi connectivity index (χ2n) is 4.98. The van der Waals surface area contributed by atoms with Gasteiger partial charge in [0.05, 0.1) is 11.9 Å². The molecule has 0 spiro atoms. The van der Waals surface area contributed by atoms with Crippen LogP contribution in [0, 0.1) is 12.7 Å². The Kier molecular flexibility index (Phi) is 3.54. The predicted octanol–water partition coefficient (Wildman–Crippen LogP) is 3.61. The molecule has 0 saturated heterocycles. The molecule has 0 amide bonds. The van der Waals surface area contributed by atoms with Crippen LogP contribution in [0.1, 0.15) is 22.8 Å². The van der Waals surface area contributed by atoms with E-state index in [1.165, 1.54) is 6.07 Å². The Labute approximate surface area is 122 Å². The number of aromatic nitrogens is 2. The minimum Gasteiger partial charge on any atom is -0.384 e. The lowest BCUT2D eigenvalue weighted by Gasteiger charge is -2.12. The van der Waals surface area contributed by atoms with E-state index in [9.17, 15) is 9.50 Å². The topological polar surface area (TPSA) is 48.9 Å². The molecule has 0 aliphatic heterocycles. The summed E-state index contributed by atoms with van der Waals surface area (Å²) in [5.74, 6) is -0.323. The first-order chi connectivity index (χ1) is 10.2. The lowest BCUT2D eigenvalue weighted by atomic mass is 9.98. The monoisotopic (exact) mass is 282 g/mol. The van der Waals surface area contributed by atoms with E-state index in [-0.39, 0.29) is 5.82 Å². The molecule has 3 aromatic rings. The highest BCUT2D eigenvalue weighted by atomic mass is 19.1. The van der Waals surface area contributed by atoms with Crippen molar-refractivity contribution in [2.45, 2.75) is 13.0 Å². The summed E-state index contributed by atoms with van der Waals surface area (Å²) in [6, 6.07) is 14.4. The van der Waals surface area contributed by atoms with Crippen LogP contribution in [0.25, 0.3) is 11.3 Å². The fourth-order valence-corrected chi connectivity index (χ4v) is 2.30. The molecular weight excluding hydrogens is 267 g/mol. The van der Waals surface area contributed by atoms with Gasteiger partial charge in [-0.25, -0.2) is 4.39 Å². The number of aromatic amines is 1. The molecule has 2 aromatic carbocycles. The van der Waals surface area contributed by atoms with Crippen LogP contribution in [-0.4, -0.2) is 15.3 Å². The van der Waals surface area contributed by atoms with Gasteiger partial charge in [0, 0.05) is 5.56 Å². The van der Waals surface area contributed by atoms with E-state index in [0.717, 1.165) is 11.3 Å². The largest absolute Gasteiger partial charge is 0.384 e. The molecule has 1 atom stereocenters. The van der Waals surface area contributed by atoms with Gasteiger partial charge in [0.1, 0.15) is 11.9 Å². The SMILES string of the molecule is Cc1ccc(C(O)c2cn[nH]c2-c2ccccc2)cc1F. The summed E-state index contributed by atoms with van der Waals surface area (Å²) in [5, 5.41) is 17.4. The summed E-state index contributed by atoms with van der Waals surface area (Å²) < 4.78 is 13.7. The molecule has 1 aromatic heterocycles. The van der Waals surface area contributed by atoms with Crippen molar-refractivity contribution in [1.82, 2.24) is 10.2 Å². The third-order valence-corrected chi connectivity index (χ3v) is 3.54. The van der Waals surface area contributed by atoms with Gasteiger partial charge >= 0.3 is 0 Å². The molecule has 0 radical (unpaired) electrons. The Morgan fingerprint density at radius 1 is 1.14 bits per heavy atom. The highest BCUT2D eigenvalue weighted by molar-refractivity contribution is 5.63.